The van der Waals surface area contributed by atoms with Crippen LogP contribution >= 0.6 is 0 Å². The van der Waals surface area contributed by atoms with E-state index in [1.807, 2.05) is 25.1 Å². The molecular formula is C35H48N2O3SSi2. The Morgan fingerprint density at radius 1 is 0.907 bits per heavy atom. The highest BCUT2D eigenvalue weighted by molar-refractivity contribution is 7.89. The molecule has 3 aromatic carbocycles. The number of para-hydroxylation sites is 1. The van der Waals surface area contributed by atoms with Gasteiger partial charge in [0.15, 0.2) is 8.32 Å². The predicted molar refractivity (Wildman–Crippen MR) is 186 cm³/mol. The molecule has 0 spiro atoms. The first-order valence-corrected chi connectivity index (χ1v) is 23.7. The van der Waals surface area contributed by atoms with Crippen LogP contribution in [0.15, 0.2) is 102 Å². The first kappa shape index (κ1) is 33.1. The number of aromatic nitrogens is 1. The van der Waals surface area contributed by atoms with E-state index in [4.69, 9.17) is 4.43 Å². The number of sulfonamides is 1. The van der Waals surface area contributed by atoms with Gasteiger partial charge >= 0.3 is 0 Å². The molecule has 0 fully saturated rings. The Morgan fingerprint density at radius 2 is 1.53 bits per heavy atom. The van der Waals surface area contributed by atoms with Gasteiger partial charge in [-0.1, -0.05) is 98.0 Å². The molecule has 230 valence electrons. The average Bonchev–Trinajstić information content (AvgIpc) is 3.24. The largest absolute Gasteiger partial charge is 0.401 e. The average molecular weight is 633 g/mol. The fourth-order valence-corrected chi connectivity index (χ4v) is 9.86. The normalized spacial score (nSPS) is 13.5. The molecule has 43 heavy (non-hydrogen) atoms. The van der Waals surface area contributed by atoms with Crippen LogP contribution in [0.3, 0.4) is 0 Å². The van der Waals surface area contributed by atoms with Crippen LogP contribution in [0.25, 0.3) is 10.9 Å². The monoisotopic (exact) mass is 632 g/mol. The fraction of sp³-hybridized carbons (Fsp3) is 0.371. The standard InChI is InChI=1S/C35H48N2O3SSi2/c1-28-18-20-32(21-19-28)41(38,39)37(35(40-43(6,7)8)24-29(2)27-42(3,4)5)23-22-31-26-36(25-30-14-10-9-11-15-30)34-17-13-12-16-33(31)34/h9-21,26,35H,2,22-25,27H2,1,3-8H3. The molecule has 0 aliphatic rings. The van der Waals surface area contributed by atoms with Gasteiger partial charge in [0.1, 0.15) is 6.23 Å². The van der Waals surface area contributed by atoms with Gasteiger partial charge in [0.05, 0.1) is 4.90 Å². The Kier molecular flexibility index (Phi) is 10.4. The Bertz CT molecular complexity index is 1630. The van der Waals surface area contributed by atoms with Gasteiger partial charge in [-0.3, -0.25) is 0 Å². The van der Waals surface area contributed by atoms with Crippen molar-refractivity contribution in [3.8, 4) is 0 Å². The lowest BCUT2D eigenvalue weighted by Gasteiger charge is -2.36. The molecule has 4 aromatic rings. The van der Waals surface area contributed by atoms with Gasteiger partial charge in [-0.05, 0) is 68.4 Å². The number of benzene rings is 3. The molecule has 0 aliphatic heterocycles. The smallest absolute Gasteiger partial charge is 0.245 e. The van der Waals surface area contributed by atoms with Crippen molar-refractivity contribution in [2.45, 2.75) is 82.8 Å². The third-order valence-corrected chi connectivity index (χ3v) is 11.8. The fourth-order valence-electron chi connectivity index (χ4n) is 5.61. The first-order valence-electron chi connectivity index (χ1n) is 15.2. The highest BCUT2D eigenvalue weighted by Crippen LogP contribution is 2.30. The SMILES string of the molecule is C=C(CC(O[Si](C)(C)C)N(CCc1cn(Cc2ccccc2)c2ccccc12)S(=O)(=O)c1ccc(C)cc1)C[Si](C)(C)C. The molecule has 5 nitrogen and oxygen atoms in total. The first-order chi connectivity index (χ1) is 20.1. The molecule has 0 bridgehead atoms. The zero-order valence-corrected chi connectivity index (χ0v) is 29.7. The van der Waals surface area contributed by atoms with Crippen molar-refractivity contribution in [1.82, 2.24) is 8.87 Å². The summed E-state index contributed by atoms with van der Waals surface area (Å²) in [6.07, 6.45) is 2.64. The second-order valence-corrected chi connectivity index (χ2v) is 25.7. The van der Waals surface area contributed by atoms with E-state index in [0.29, 0.717) is 24.3 Å². The number of rotatable bonds is 14. The van der Waals surface area contributed by atoms with E-state index in [1.165, 1.54) is 5.56 Å². The number of fused-ring (bicyclic) bond motifs is 1. The van der Waals surface area contributed by atoms with Gasteiger partial charge in [-0.15, -0.1) is 0 Å². The molecule has 0 saturated carbocycles. The summed E-state index contributed by atoms with van der Waals surface area (Å²) in [6, 6.07) is 26.9. The summed E-state index contributed by atoms with van der Waals surface area (Å²) in [5.41, 5.74) is 5.58. The third-order valence-electron chi connectivity index (χ3n) is 7.35. The van der Waals surface area contributed by atoms with Crippen molar-refractivity contribution in [2.24, 2.45) is 0 Å². The molecule has 1 unspecified atom stereocenters. The van der Waals surface area contributed by atoms with E-state index in [-0.39, 0.29) is 0 Å². The zero-order valence-electron chi connectivity index (χ0n) is 26.9. The number of hydrogen-bond donors (Lipinski definition) is 0. The lowest BCUT2D eigenvalue weighted by Crippen LogP contribution is -2.48. The lowest BCUT2D eigenvalue weighted by molar-refractivity contribution is 0.0811. The summed E-state index contributed by atoms with van der Waals surface area (Å²) >= 11 is 0. The molecule has 8 heteroatoms. The maximum Gasteiger partial charge on any atom is 0.245 e. The third kappa shape index (κ3) is 9.12. The predicted octanol–water partition coefficient (Wildman–Crippen LogP) is 8.69. The molecular weight excluding hydrogens is 585 g/mol. The number of hydrogen-bond acceptors (Lipinski definition) is 3. The van der Waals surface area contributed by atoms with Crippen LogP contribution in [0.1, 0.15) is 23.1 Å². The molecule has 0 N–H and O–H groups in total. The number of nitrogens with zero attached hydrogens (tertiary/aromatic N) is 2. The van der Waals surface area contributed by atoms with E-state index < -0.39 is 32.6 Å². The van der Waals surface area contributed by atoms with Crippen LogP contribution in [-0.4, -0.2) is 46.5 Å². The van der Waals surface area contributed by atoms with Gasteiger partial charge < -0.3 is 8.99 Å². The topological polar surface area (TPSA) is 51.5 Å². The van der Waals surface area contributed by atoms with Crippen LogP contribution in [-0.2, 0) is 27.4 Å². The van der Waals surface area contributed by atoms with E-state index in [1.54, 1.807) is 16.4 Å². The lowest BCUT2D eigenvalue weighted by atomic mass is 10.1. The van der Waals surface area contributed by atoms with Gasteiger partial charge in [0.2, 0.25) is 10.0 Å². The van der Waals surface area contributed by atoms with Crippen molar-refractivity contribution in [2.75, 3.05) is 6.54 Å². The highest BCUT2D eigenvalue weighted by atomic mass is 32.2. The summed E-state index contributed by atoms with van der Waals surface area (Å²) in [5.74, 6) is 0. The van der Waals surface area contributed by atoms with Crippen LogP contribution in [0, 0.1) is 6.92 Å². The molecule has 0 radical (unpaired) electrons. The van der Waals surface area contributed by atoms with Crippen molar-refractivity contribution in [3.05, 3.63) is 114 Å². The maximum atomic E-state index is 14.4. The van der Waals surface area contributed by atoms with Crippen LogP contribution in [0.5, 0.6) is 0 Å². The van der Waals surface area contributed by atoms with Gasteiger partial charge in [-0.2, -0.15) is 4.31 Å². The summed E-state index contributed by atoms with van der Waals surface area (Å²) in [5, 5.41) is 1.15. The van der Waals surface area contributed by atoms with Crippen molar-refractivity contribution in [3.63, 3.8) is 0 Å². The Balaban J connectivity index is 1.73. The molecule has 4 rings (SSSR count). The Labute approximate surface area is 261 Å². The van der Waals surface area contributed by atoms with Gasteiger partial charge in [-0.25, -0.2) is 8.42 Å². The second-order valence-electron chi connectivity index (χ2n) is 13.8. The van der Waals surface area contributed by atoms with Crippen LogP contribution in [0.4, 0.5) is 0 Å². The van der Waals surface area contributed by atoms with E-state index in [2.05, 4.69) is 105 Å². The number of aryl methyl sites for hydroxylation is 1. The molecule has 0 amide bonds. The minimum atomic E-state index is -3.85. The molecule has 1 heterocycles. The summed E-state index contributed by atoms with van der Waals surface area (Å²) in [6.45, 7) is 20.8. The van der Waals surface area contributed by atoms with Crippen LogP contribution < -0.4 is 0 Å². The maximum absolute atomic E-state index is 14.4. The van der Waals surface area contributed by atoms with Gasteiger partial charge in [0.25, 0.3) is 0 Å². The van der Waals surface area contributed by atoms with Crippen molar-refractivity contribution in [1.29, 1.82) is 0 Å². The van der Waals surface area contributed by atoms with E-state index in [9.17, 15) is 8.42 Å². The van der Waals surface area contributed by atoms with Gasteiger partial charge in [0, 0.05) is 44.7 Å². The minimum Gasteiger partial charge on any atom is -0.401 e. The summed E-state index contributed by atoms with van der Waals surface area (Å²) in [4.78, 5) is 0.296. The summed E-state index contributed by atoms with van der Waals surface area (Å²) < 4.78 is 39.4. The molecule has 0 saturated heterocycles. The molecule has 1 aromatic heterocycles. The van der Waals surface area contributed by atoms with E-state index >= 15 is 0 Å². The Hall–Kier alpha value is -2.76. The quantitative estimate of drug-likeness (QED) is 0.0794. The minimum absolute atomic E-state index is 0.296. The summed E-state index contributed by atoms with van der Waals surface area (Å²) in [7, 11) is -7.42. The Morgan fingerprint density at radius 3 is 2.16 bits per heavy atom. The second kappa shape index (κ2) is 13.5. The van der Waals surface area contributed by atoms with Crippen molar-refractivity contribution < 1.29 is 12.8 Å². The highest BCUT2D eigenvalue weighted by Gasteiger charge is 2.36. The molecule has 1 atom stereocenters. The van der Waals surface area contributed by atoms with E-state index in [0.717, 1.165) is 40.2 Å². The van der Waals surface area contributed by atoms with Crippen molar-refractivity contribution >= 4 is 37.3 Å². The molecule has 0 aliphatic carbocycles. The zero-order chi connectivity index (χ0) is 31.4. The van der Waals surface area contributed by atoms with Crippen LogP contribution in [0.2, 0.25) is 45.3 Å².